The number of nitrogens with two attached hydrogens (primary N) is 1. The van der Waals surface area contributed by atoms with Crippen molar-refractivity contribution in [3.05, 3.63) is 53.9 Å². The van der Waals surface area contributed by atoms with Gasteiger partial charge in [-0.15, -0.1) is 0 Å². The van der Waals surface area contributed by atoms with Crippen LogP contribution in [-0.2, 0) is 0 Å². The molecule has 96 valence electrons. The highest BCUT2D eigenvalue weighted by Gasteiger charge is 2.20. The van der Waals surface area contributed by atoms with E-state index in [-0.39, 0.29) is 11.3 Å². The quantitative estimate of drug-likeness (QED) is 0.864. The Hall–Kier alpha value is -2.69. The van der Waals surface area contributed by atoms with E-state index in [0.29, 0.717) is 5.56 Å². The van der Waals surface area contributed by atoms with E-state index in [1.165, 1.54) is 13.2 Å². The van der Waals surface area contributed by atoms with Crippen LogP contribution in [0, 0.1) is 0 Å². The van der Waals surface area contributed by atoms with E-state index < -0.39 is 11.8 Å². The summed E-state index contributed by atoms with van der Waals surface area (Å²) in [6.07, 6.45) is 1.49. The normalized spacial score (nSPS) is 9.95. The number of nitrogens with one attached hydrogen (secondary N) is 1. The van der Waals surface area contributed by atoms with Crippen LogP contribution in [0.15, 0.2) is 42.6 Å². The summed E-state index contributed by atoms with van der Waals surface area (Å²) >= 11 is 0. The minimum atomic E-state index is -0.675. The van der Waals surface area contributed by atoms with Gasteiger partial charge in [-0.1, -0.05) is 30.3 Å². The third-order valence-electron chi connectivity index (χ3n) is 2.72. The molecule has 0 saturated heterocycles. The number of hydrogen-bond donors (Lipinski definition) is 2. The molecule has 0 aliphatic heterocycles. The largest absolute Gasteiger partial charge is 0.366 e. The van der Waals surface area contributed by atoms with E-state index >= 15 is 0 Å². The van der Waals surface area contributed by atoms with Crippen LogP contribution < -0.4 is 11.1 Å². The Bertz CT molecular complexity index is 624. The maximum absolute atomic E-state index is 11.7. The number of carbonyl (C=O) groups excluding carboxylic acids is 2. The Kier molecular flexibility index (Phi) is 3.56. The maximum atomic E-state index is 11.7. The molecule has 2 rings (SSSR count). The molecule has 2 amide bonds. The molecule has 1 aromatic heterocycles. The van der Waals surface area contributed by atoms with Crippen molar-refractivity contribution in [3.8, 4) is 11.1 Å². The SMILES string of the molecule is CNC(=O)c1nccc(-c2ccccc2)c1C(N)=O. The predicted molar refractivity (Wildman–Crippen MR) is 71.6 cm³/mol. The molecule has 2 aromatic rings. The molecule has 0 unspecified atom stereocenters. The Balaban J connectivity index is 2.69. The van der Waals surface area contributed by atoms with Crippen LogP contribution in [0.25, 0.3) is 11.1 Å². The number of amides is 2. The number of carbonyl (C=O) groups is 2. The molecule has 1 heterocycles. The summed E-state index contributed by atoms with van der Waals surface area (Å²) in [7, 11) is 1.48. The molecule has 0 aliphatic carbocycles. The van der Waals surface area contributed by atoms with Crippen LogP contribution in [0.5, 0.6) is 0 Å². The summed E-state index contributed by atoms with van der Waals surface area (Å²) in [6, 6.07) is 10.9. The van der Waals surface area contributed by atoms with Gasteiger partial charge >= 0.3 is 0 Å². The molecule has 0 spiro atoms. The molecule has 3 N–H and O–H groups in total. The molecule has 0 radical (unpaired) electrons. The van der Waals surface area contributed by atoms with Crippen molar-refractivity contribution < 1.29 is 9.59 Å². The smallest absolute Gasteiger partial charge is 0.270 e. The topological polar surface area (TPSA) is 85.1 Å². The van der Waals surface area contributed by atoms with Gasteiger partial charge in [0.2, 0.25) is 0 Å². The summed E-state index contributed by atoms with van der Waals surface area (Å²) in [4.78, 5) is 27.3. The second-order valence-electron chi connectivity index (χ2n) is 3.89. The summed E-state index contributed by atoms with van der Waals surface area (Å²) < 4.78 is 0. The van der Waals surface area contributed by atoms with Gasteiger partial charge in [0, 0.05) is 13.2 Å². The minimum Gasteiger partial charge on any atom is -0.366 e. The van der Waals surface area contributed by atoms with Crippen LogP contribution in [-0.4, -0.2) is 23.8 Å². The summed E-state index contributed by atoms with van der Waals surface area (Å²) in [5, 5.41) is 2.45. The van der Waals surface area contributed by atoms with Crippen LogP contribution in [0.2, 0.25) is 0 Å². The van der Waals surface area contributed by atoms with E-state index in [2.05, 4.69) is 10.3 Å². The number of primary amides is 1. The van der Waals surface area contributed by atoms with Crippen molar-refractivity contribution in [2.45, 2.75) is 0 Å². The minimum absolute atomic E-state index is 0.0383. The Morgan fingerprint density at radius 3 is 2.42 bits per heavy atom. The van der Waals surface area contributed by atoms with Gasteiger partial charge in [-0.25, -0.2) is 0 Å². The summed E-state index contributed by atoms with van der Waals surface area (Å²) in [5.74, 6) is -1.11. The number of benzene rings is 1. The second kappa shape index (κ2) is 5.30. The first-order chi connectivity index (χ1) is 9.15. The highest BCUT2D eigenvalue weighted by molar-refractivity contribution is 6.09. The van der Waals surface area contributed by atoms with Crippen LogP contribution >= 0.6 is 0 Å². The van der Waals surface area contributed by atoms with E-state index in [9.17, 15) is 9.59 Å². The monoisotopic (exact) mass is 255 g/mol. The molecule has 1 aromatic carbocycles. The van der Waals surface area contributed by atoms with Crippen LogP contribution in [0.4, 0.5) is 0 Å². The average Bonchev–Trinajstić information content (AvgIpc) is 2.46. The van der Waals surface area contributed by atoms with Crippen molar-refractivity contribution >= 4 is 11.8 Å². The van der Waals surface area contributed by atoms with Gasteiger partial charge in [0.15, 0.2) is 0 Å². The van der Waals surface area contributed by atoms with Crippen molar-refractivity contribution in [1.82, 2.24) is 10.3 Å². The molecule has 0 aliphatic rings. The third kappa shape index (κ3) is 2.44. The zero-order valence-electron chi connectivity index (χ0n) is 10.4. The van der Waals surface area contributed by atoms with E-state index in [0.717, 1.165) is 5.56 Å². The van der Waals surface area contributed by atoms with Crippen LogP contribution in [0.1, 0.15) is 20.8 Å². The Morgan fingerprint density at radius 1 is 1.16 bits per heavy atom. The molecule has 5 nitrogen and oxygen atoms in total. The van der Waals surface area contributed by atoms with Crippen molar-refractivity contribution in [3.63, 3.8) is 0 Å². The molecule has 19 heavy (non-hydrogen) atoms. The van der Waals surface area contributed by atoms with Gasteiger partial charge in [0.1, 0.15) is 5.69 Å². The zero-order valence-corrected chi connectivity index (χ0v) is 10.4. The first kappa shape index (κ1) is 12.8. The number of nitrogens with zero attached hydrogens (tertiary/aromatic N) is 1. The van der Waals surface area contributed by atoms with Gasteiger partial charge in [-0.2, -0.15) is 0 Å². The van der Waals surface area contributed by atoms with Crippen molar-refractivity contribution in [2.75, 3.05) is 7.05 Å². The fraction of sp³-hybridized carbons (Fsp3) is 0.0714. The highest BCUT2D eigenvalue weighted by atomic mass is 16.2. The maximum Gasteiger partial charge on any atom is 0.270 e. The predicted octanol–water partition coefficient (Wildman–Crippen LogP) is 1.21. The lowest BCUT2D eigenvalue weighted by molar-refractivity contribution is 0.0939. The number of pyridine rings is 1. The molecular formula is C14H13N3O2. The van der Waals surface area contributed by atoms with Gasteiger partial charge < -0.3 is 11.1 Å². The van der Waals surface area contributed by atoms with Gasteiger partial charge in [0.05, 0.1) is 5.56 Å². The van der Waals surface area contributed by atoms with E-state index in [1.807, 2.05) is 30.3 Å². The molecular weight excluding hydrogens is 242 g/mol. The number of rotatable bonds is 3. The fourth-order valence-electron chi connectivity index (χ4n) is 1.86. The Labute approximate surface area is 110 Å². The number of aromatic nitrogens is 1. The van der Waals surface area contributed by atoms with Crippen LogP contribution in [0.3, 0.4) is 0 Å². The molecule has 0 saturated carbocycles. The zero-order chi connectivity index (χ0) is 13.8. The standard InChI is InChI=1S/C14H13N3O2/c1-16-14(19)12-11(13(15)18)10(7-8-17-12)9-5-3-2-4-6-9/h2-8H,1H3,(H2,15,18)(H,16,19). The molecule has 0 atom stereocenters. The summed E-state index contributed by atoms with van der Waals surface area (Å²) in [6.45, 7) is 0. The lowest BCUT2D eigenvalue weighted by atomic mass is 9.98. The molecule has 0 fully saturated rings. The molecule has 5 heteroatoms. The van der Waals surface area contributed by atoms with E-state index in [1.54, 1.807) is 6.07 Å². The first-order valence-corrected chi connectivity index (χ1v) is 5.71. The van der Waals surface area contributed by atoms with Crippen molar-refractivity contribution in [1.29, 1.82) is 0 Å². The highest BCUT2D eigenvalue weighted by Crippen LogP contribution is 2.24. The number of hydrogen-bond acceptors (Lipinski definition) is 3. The fourth-order valence-corrected chi connectivity index (χ4v) is 1.86. The van der Waals surface area contributed by atoms with Gasteiger partial charge in [0.25, 0.3) is 11.8 Å². The van der Waals surface area contributed by atoms with Gasteiger partial charge in [-0.05, 0) is 17.2 Å². The van der Waals surface area contributed by atoms with E-state index in [4.69, 9.17) is 5.73 Å². The lowest BCUT2D eigenvalue weighted by Crippen LogP contribution is -2.25. The summed E-state index contributed by atoms with van der Waals surface area (Å²) in [5.41, 5.74) is 6.96. The van der Waals surface area contributed by atoms with Gasteiger partial charge in [-0.3, -0.25) is 14.6 Å². The first-order valence-electron chi connectivity index (χ1n) is 5.71. The Morgan fingerprint density at radius 2 is 1.84 bits per heavy atom. The third-order valence-corrected chi connectivity index (χ3v) is 2.72. The molecule has 0 bridgehead atoms. The second-order valence-corrected chi connectivity index (χ2v) is 3.89. The average molecular weight is 255 g/mol. The lowest BCUT2D eigenvalue weighted by Gasteiger charge is -2.10. The van der Waals surface area contributed by atoms with Crippen molar-refractivity contribution in [2.24, 2.45) is 5.73 Å².